The molecule has 2 aliphatic carbocycles. The molecule has 2 aliphatic rings. The summed E-state index contributed by atoms with van der Waals surface area (Å²) < 4.78 is 0. The third-order valence-corrected chi connectivity index (χ3v) is 5.40. The lowest BCUT2D eigenvalue weighted by atomic mass is 9.66. The molecule has 3 heteroatoms. The van der Waals surface area contributed by atoms with E-state index < -0.39 is 0 Å². The Labute approximate surface area is 120 Å². The van der Waals surface area contributed by atoms with Crippen LogP contribution in [0.15, 0.2) is 35.5 Å². The summed E-state index contributed by atoms with van der Waals surface area (Å²) in [6.07, 6.45) is 4.33. The van der Waals surface area contributed by atoms with Gasteiger partial charge in [-0.3, -0.25) is 0 Å². The Balaban J connectivity index is 1.81. The van der Waals surface area contributed by atoms with Crippen molar-refractivity contribution >= 4 is 6.21 Å². The highest BCUT2D eigenvalue weighted by Gasteiger charge is 2.48. The van der Waals surface area contributed by atoms with Gasteiger partial charge in [0.05, 0.1) is 6.10 Å². The summed E-state index contributed by atoms with van der Waals surface area (Å²) in [6, 6.07) is 10.6. The summed E-state index contributed by atoms with van der Waals surface area (Å²) in [6.45, 7) is 2.28. The van der Waals surface area contributed by atoms with Crippen LogP contribution in [0.25, 0.3) is 0 Å². The Morgan fingerprint density at radius 1 is 1.15 bits per heavy atom. The predicted octanol–water partition coefficient (Wildman–Crippen LogP) is 3.27. The second-order valence-corrected chi connectivity index (χ2v) is 6.53. The normalized spacial score (nSPS) is 40.9. The average molecular weight is 273 g/mol. The van der Waals surface area contributed by atoms with Crippen LogP contribution in [-0.2, 0) is 0 Å². The molecule has 0 unspecified atom stereocenters. The maximum absolute atomic E-state index is 10.4. The van der Waals surface area contributed by atoms with E-state index in [1.807, 2.05) is 0 Å². The lowest BCUT2D eigenvalue weighted by Crippen LogP contribution is -2.33. The number of oxime groups is 1. The predicted molar refractivity (Wildman–Crippen MR) is 79.0 cm³/mol. The van der Waals surface area contributed by atoms with Crippen molar-refractivity contribution in [3.63, 3.8) is 0 Å². The Morgan fingerprint density at radius 3 is 2.60 bits per heavy atom. The molecule has 2 fully saturated rings. The van der Waals surface area contributed by atoms with Gasteiger partial charge < -0.3 is 10.3 Å². The van der Waals surface area contributed by atoms with Gasteiger partial charge in [-0.25, -0.2) is 0 Å². The fourth-order valence-electron chi connectivity index (χ4n) is 4.62. The lowest BCUT2D eigenvalue weighted by Gasteiger charge is -2.39. The molecule has 0 spiro atoms. The zero-order valence-electron chi connectivity index (χ0n) is 11.9. The molecule has 0 bridgehead atoms. The molecule has 20 heavy (non-hydrogen) atoms. The summed E-state index contributed by atoms with van der Waals surface area (Å²) in [5, 5.41) is 22.4. The first kappa shape index (κ1) is 13.6. The minimum Gasteiger partial charge on any atom is -0.411 e. The zero-order valence-corrected chi connectivity index (χ0v) is 11.9. The van der Waals surface area contributed by atoms with Crippen LogP contribution in [0.2, 0.25) is 0 Å². The van der Waals surface area contributed by atoms with Gasteiger partial charge in [0.2, 0.25) is 0 Å². The lowest BCUT2D eigenvalue weighted by molar-refractivity contribution is 0.0662. The number of nitrogens with zero attached hydrogens (tertiary/aromatic N) is 1. The highest BCUT2D eigenvalue weighted by atomic mass is 16.4. The molecule has 1 aromatic rings. The van der Waals surface area contributed by atoms with Gasteiger partial charge in [0.1, 0.15) is 0 Å². The third kappa shape index (κ3) is 2.35. The molecule has 0 aliphatic heterocycles. The van der Waals surface area contributed by atoms with Crippen LogP contribution < -0.4 is 0 Å². The number of aliphatic hydroxyl groups is 1. The van der Waals surface area contributed by atoms with Crippen LogP contribution in [0.5, 0.6) is 0 Å². The first-order valence-corrected chi connectivity index (χ1v) is 7.61. The summed E-state index contributed by atoms with van der Waals surface area (Å²) in [4.78, 5) is 0. The van der Waals surface area contributed by atoms with Gasteiger partial charge in [-0.2, -0.15) is 0 Å². The number of fused-ring (bicyclic) bond motifs is 1. The van der Waals surface area contributed by atoms with Crippen molar-refractivity contribution in [2.24, 2.45) is 28.8 Å². The van der Waals surface area contributed by atoms with Crippen LogP contribution in [0.1, 0.15) is 37.7 Å². The summed E-state index contributed by atoms with van der Waals surface area (Å²) >= 11 is 0. The molecule has 108 valence electrons. The monoisotopic (exact) mass is 273 g/mol. The largest absolute Gasteiger partial charge is 0.411 e. The average Bonchev–Trinajstić information content (AvgIpc) is 2.77. The van der Waals surface area contributed by atoms with Gasteiger partial charge in [-0.15, -0.1) is 5.16 Å². The van der Waals surface area contributed by atoms with Crippen molar-refractivity contribution in [2.75, 3.05) is 0 Å². The van der Waals surface area contributed by atoms with Crippen molar-refractivity contribution in [1.29, 1.82) is 0 Å². The molecule has 2 N–H and O–H groups in total. The number of aliphatic hydroxyl groups excluding tert-OH is 1. The van der Waals surface area contributed by atoms with Gasteiger partial charge in [-0.05, 0) is 48.5 Å². The molecular formula is C17H23NO2. The Morgan fingerprint density at radius 2 is 1.90 bits per heavy atom. The molecule has 3 nitrogen and oxygen atoms in total. The first-order chi connectivity index (χ1) is 9.70. The molecule has 6 atom stereocenters. The fourth-order valence-corrected chi connectivity index (χ4v) is 4.62. The molecule has 1 aromatic carbocycles. The SMILES string of the molecule is C[C@@H]1C[C@H](c2ccccc2)C[C@H]2[C@H]1[C@@H](/C=N/O)C[C@H]2O. The summed E-state index contributed by atoms with van der Waals surface area (Å²) in [5.74, 6) is 2.13. The highest BCUT2D eigenvalue weighted by Crippen LogP contribution is 2.52. The molecule has 3 rings (SSSR count). The van der Waals surface area contributed by atoms with Crippen LogP contribution in [0, 0.1) is 23.7 Å². The van der Waals surface area contributed by atoms with Crippen molar-refractivity contribution < 1.29 is 10.3 Å². The zero-order chi connectivity index (χ0) is 14.1. The number of hydrogen-bond acceptors (Lipinski definition) is 3. The van der Waals surface area contributed by atoms with Crippen molar-refractivity contribution in [1.82, 2.24) is 0 Å². The summed E-state index contributed by atoms with van der Waals surface area (Å²) in [7, 11) is 0. The maximum Gasteiger partial charge on any atom is 0.0577 e. The topological polar surface area (TPSA) is 52.8 Å². The van der Waals surface area contributed by atoms with E-state index in [2.05, 4.69) is 42.4 Å². The minimum atomic E-state index is -0.253. The van der Waals surface area contributed by atoms with Gasteiger partial charge in [-0.1, -0.05) is 37.3 Å². The Hall–Kier alpha value is -1.35. The van der Waals surface area contributed by atoms with Gasteiger partial charge in [0.15, 0.2) is 0 Å². The van der Waals surface area contributed by atoms with Crippen LogP contribution >= 0.6 is 0 Å². The molecule has 0 aromatic heterocycles. The van der Waals surface area contributed by atoms with Crippen LogP contribution in [0.3, 0.4) is 0 Å². The minimum absolute atomic E-state index is 0.228. The van der Waals surface area contributed by atoms with E-state index in [0.29, 0.717) is 23.7 Å². The molecule has 0 heterocycles. The number of benzene rings is 1. The van der Waals surface area contributed by atoms with E-state index in [1.54, 1.807) is 6.21 Å². The van der Waals surface area contributed by atoms with E-state index in [1.165, 1.54) is 5.56 Å². The maximum atomic E-state index is 10.4. The van der Waals surface area contributed by atoms with Gasteiger partial charge >= 0.3 is 0 Å². The van der Waals surface area contributed by atoms with E-state index in [-0.39, 0.29) is 12.0 Å². The smallest absolute Gasteiger partial charge is 0.0577 e. The van der Waals surface area contributed by atoms with E-state index >= 15 is 0 Å². The number of hydrogen-bond donors (Lipinski definition) is 2. The molecular weight excluding hydrogens is 250 g/mol. The fraction of sp³-hybridized carbons (Fsp3) is 0.588. The summed E-state index contributed by atoms with van der Waals surface area (Å²) in [5.41, 5.74) is 1.39. The van der Waals surface area contributed by atoms with Crippen molar-refractivity contribution in [3.05, 3.63) is 35.9 Å². The second kappa shape index (κ2) is 5.57. The molecule has 0 saturated heterocycles. The van der Waals surface area contributed by atoms with E-state index in [0.717, 1.165) is 19.3 Å². The second-order valence-electron chi connectivity index (χ2n) is 6.53. The highest BCUT2D eigenvalue weighted by molar-refractivity contribution is 5.61. The van der Waals surface area contributed by atoms with Crippen molar-refractivity contribution in [3.8, 4) is 0 Å². The Bertz CT molecular complexity index is 473. The molecule has 0 radical (unpaired) electrons. The van der Waals surface area contributed by atoms with Crippen molar-refractivity contribution in [2.45, 2.75) is 38.2 Å². The van der Waals surface area contributed by atoms with E-state index in [9.17, 15) is 5.11 Å². The molecule has 2 saturated carbocycles. The molecule has 0 amide bonds. The first-order valence-electron chi connectivity index (χ1n) is 7.61. The quantitative estimate of drug-likeness (QED) is 0.493. The third-order valence-electron chi connectivity index (χ3n) is 5.40. The van der Waals surface area contributed by atoms with Gasteiger partial charge in [0, 0.05) is 12.1 Å². The standard InChI is InChI=1S/C17H23NO2/c1-11-7-13(12-5-3-2-4-6-12)8-15-16(19)9-14(10-18-20)17(11)15/h2-6,10-11,13-17,19-20H,7-9H2,1H3/b18-10+/t11-,13+,14-,15-,16-,17-/m1/s1. The Kier molecular flexibility index (Phi) is 3.79. The number of rotatable bonds is 2. The van der Waals surface area contributed by atoms with Crippen LogP contribution in [0.4, 0.5) is 0 Å². The van der Waals surface area contributed by atoms with Gasteiger partial charge in [0.25, 0.3) is 0 Å². The van der Waals surface area contributed by atoms with E-state index in [4.69, 9.17) is 5.21 Å². The van der Waals surface area contributed by atoms with Crippen LogP contribution in [-0.4, -0.2) is 22.6 Å².